The van der Waals surface area contributed by atoms with Gasteiger partial charge < -0.3 is 14.4 Å². The molecule has 0 aliphatic rings. The van der Waals surface area contributed by atoms with Crippen LogP contribution in [0.5, 0.6) is 0 Å². The smallest absolute Gasteiger partial charge is 0.410 e. The molecule has 5 heteroatoms. The lowest BCUT2D eigenvalue weighted by Gasteiger charge is -2.26. The lowest BCUT2D eigenvalue weighted by Crippen LogP contribution is -2.36. The summed E-state index contributed by atoms with van der Waals surface area (Å²) in [6.07, 6.45) is 0.166. The zero-order chi connectivity index (χ0) is 16.1. The standard InChI is InChI=1S/C15H29NO4/c1-11(12(17)19-14(2,3)4)9-10-16(8)13(18)20-15(5,6)7/h11H,9-10H2,1-8H3. The molecule has 0 fully saturated rings. The first-order valence-electron chi connectivity index (χ1n) is 6.99. The highest BCUT2D eigenvalue weighted by Gasteiger charge is 2.24. The SMILES string of the molecule is CC(CCN(C)C(=O)OC(C)(C)C)C(=O)OC(C)(C)C. The van der Waals surface area contributed by atoms with E-state index in [1.54, 1.807) is 14.0 Å². The van der Waals surface area contributed by atoms with Crippen molar-refractivity contribution in [1.82, 2.24) is 4.90 Å². The Balaban J connectivity index is 4.21. The van der Waals surface area contributed by atoms with Gasteiger partial charge in [0.25, 0.3) is 0 Å². The van der Waals surface area contributed by atoms with E-state index in [-0.39, 0.29) is 18.0 Å². The van der Waals surface area contributed by atoms with Crippen molar-refractivity contribution >= 4 is 12.1 Å². The summed E-state index contributed by atoms with van der Waals surface area (Å²) in [6, 6.07) is 0. The molecular weight excluding hydrogens is 258 g/mol. The molecule has 0 saturated carbocycles. The van der Waals surface area contributed by atoms with Crippen LogP contribution in [0.4, 0.5) is 4.79 Å². The maximum absolute atomic E-state index is 11.8. The van der Waals surface area contributed by atoms with E-state index in [0.29, 0.717) is 13.0 Å². The van der Waals surface area contributed by atoms with E-state index in [0.717, 1.165) is 0 Å². The Labute approximate surface area is 122 Å². The first-order chi connectivity index (χ1) is 8.82. The minimum absolute atomic E-state index is 0.241. The summed E-state index contributed by atoms with van der Waals surface area (Å²) in [5.41, 5.74) is -0.996. The summed E-state index contributed by atoms with van der Waals surface area (Å²) in [5, 5.41) is 0. The molecule has 0 aromatic carbocycles. The summed E-state index contributed by atoms with van der Waals surface area (Å²) < 4.78 is 10.5. The number of rotatable bonds is 4. The minimum Gasteiger partial charge on any atom is -0.460 e. The van der Waals surface area contributed by atoms with Gasteiger partial charge in [0.05, 0.1) is 5.92 Å². The van der Waals surface area contributed by atoms with Crippen molar-refractivity contribution in [1.29, 1.82) is 0 Å². The third-order valence-corrected chi connectivity index (χ3v) is 2.41. The van der Waals surface area contributed by atoms with E-state index in [2.05, 4.69) is 0 Å². The number of hydrogen-bond donors (Lipinski definition) is 0. The van der Waals surface area contributed by atoms with E-state index < -0.39 is 11.2 Å². The Hall–Kier alpha value is -1.26. The van der Waals surface area contributed by atoms with Crippen LogP contribution < -0.4 is 0 Å². The fourth-order valence-electron chi connectivity index (χ4n) is 1.34. The van der Waals surface area contributed by atoms with Crippen LogP contribution in [-0.4, -0.2) is 41.8 Å². The molecule has 1 amide bonds. The second-order valence-electron chi connectivity index (χ2n) is 7.13. The van der Waals surface area contributed by atoms with Crippen LogP contribution in [-0.2, 0) is 14.3 Å². The third-order valence-electron chi connectivity index (χ3n) is 2.41. The predicted octanol–water partition coefficient (Wildman–Crippen LogP) is 3.22. The number of ether oxygens (including phenoxy) is 2. The average Bonchev–Trinajstić information content (AvgIpc) is 2.20. The molecule has 0 radical (unpaired) electrons. The molecule has 0 heterocycles. The molecule has 0 N–H and O–H groups in total. The molecule has 1 unspecified atom stereocenters. The van der Waals surface area contributed by atoms with Crippen LogP contribution in [0.25, 0.3) is 0 Å². The zero-order valence-corrected chi connectivity index (χ0v) is 14.1. The molecular formula is C15H29NO4. The van der Waals surface area contributed by atoms with E-state index in [1.807, 2.05) is 41.5 Å². The van der Waals surface area contributed by atoms with Crippen LogP contribution in [0.15, 0.2) is 0 Å². The second-order valence-corrected chi connectivity index (χ2v) is 7.13. The number of nitrogens with zero attached hydrogens (tertiary/aromatic N) is 1. The average molecular weight is 287 g/mol. The maximum Gasteiger partial charge on any atom is 0.410 e. The van der Waals surface area contributed by atoms with Crippen LogP contribution in [0.3, 0.4) is 0 Å². The second kappa shape index (κ2) is 6.95. The molecule has 5 nitrogen and oxygen atoms in total. The first kappa shape index (κ1) is 18.7. The summed E-state index contributed by atoms with van der Waals surface area (Å²) in [7, 11) is 1.66. The van der Waals surface area contributed by atoms with Crippen LogP contribution in [0.1, 0.15) is 54.9 Å². The predicted molar refractivity (Wildman–Crippen MR) is 78.5 cm³/mol. The fraction of sp³-hybridized carbons (Fsp3) is 0.867. The van der Waals surface area contributed by atoms with Gasteiger partial charge in [0.2, 0.25) is 0 Å². The summed E-state index contributed by atoms with van der Waals surface area (Å²) in [4.78, 5) is 25.0. The number of hydrogen-bond acceptors (Lipinski definition) is 4. The summed E-state index contributed by atoms with van der Waals surface area (Å²) in [5.74, 6) is -0.491. The molecule has 0 aliphatic carbocycles. The Kier molecular flexibility index (Phi) is 6.51. The summed E-state index contributed by atoms with van der Waals surface area (Å²) in [6.45, 7) is 13.2. The van der Waals surface area contributed by atoms with E-state index in [4.69, 9.17) is 9.47 Å². The van der Waals surface area contributed by atoms with Gasteiger partial charge in [-0.25, -0.2) is 4.79 Å². The lowest BCUT2D eigenvalue weighted by molar-refractivity contribution is -0.159. The van der Waals surface area contributed by atoms with Gasteiger partial charge in [-0.1, -0.05) is 6.92 Å². The van der Waals surface area contributed by atoms with Crippen molar-refractivity contribution in [2.75, 3.05) is 13.6 Å². The van der Waals surface area contributed by atoms with Gasteiger partial charge in [0, 0.05) is 13.6 Å². The first-order valence-corrected chi connectivity index (χ1v) is 6.99. The molecule has 0 spiro atoms. The zero-order valence-electron chi connectivity index (χ0n) is 14.1. The van der Waals surface area contributed by atoms with Gasteiger partial charge in [-0.2, -0.15) is 0 Å². The molecule has 0 rings (SSSR count). The van der Waals surface area contributed by atoms with Crippen LogP contribution in [0.2, 0.25) is 0 Å². The highest BCUT2D eigenvalue weighted by molar-refractivity contribution is 5.72. The van der Waals surface area contributed by atoms with Crippen LogP contribution in [0, 0.1) is 5.92 Å². The van der Waals surface area contributed by atoms with Crippen molar-refractivity contribution in [3.8, 4) is 0 Å². The molecule has 1 atom stereocenters. The monoisotopic (exact) mass is 287 g/mol. The molecule has 0 saturated heterocycles. The van der Waals surface area contributed by atoms with Gasteiger partial charge in [-0.05, 0) is 48.0 Å². The van der Waals surface area contributed by atoms with E-state index >= 15 is 0 Å². The van der Waals surface area contributed by atoms with Crippen molar-refractivity contribution in [3.63, 3.8) is 0 Å². The van der Waals surface area contributed by atoms with Crippen molar-refractivity contribution in [2.45, 2.75) is 66.1 Å². The molecule has 20 heavy (non-hydrogen) atoms. The Morgan fingerprint density at radius 1 is 1.00 bits per heavy atom. The van der Waals surface area contributed by atoms with Crippen molar-refractivity contribution < 1.29 is 19.1 Å². The molecule has 118 valence electrons. The van der Waals surface area contributed by atoms with E-state index in [1.165, 1.54) is 4.90 Å². The largest absolute Gasteiger partial charge is 0.460 e. The Morgan fingerprint density at radius 2 is 1.45 bits per heavy atom. The van der Waals surface area contributed by atoms with Gasteiger partial charge >= 0.3 is 12.1 Å². The van der Waals surface area contributed by atoms with Gasteiger partial charge in [-0.3, -0.25) is 4.79 Å². The minimum atomic E-state index is -0.512. The maximum atomic E-state index is 11.8. The number of carbonyl (C=O) groups excluding carboxylic acids is 2. The highest BCUT2D eigenvalue weighted by atomic mass is 16.6. The molecule has 0 aliphatic heterocycles. The molecule has 0 aromatic heterocycles. The van der Waals surface area contributed by atoms with Crippen molar-refractivity contribution in [2.24, 2.45) is 5.92 Å². The fourth-order valence-corrected chi connectivity index (χ4v) is 1.34. The Morgan fingerprint density at radius 3 is 1.85 bits per heavy atom. The van der Waals surface area contributed by atoms with Gasteiger partial charge in [-0.15, -0.1) is 0 Å². The number of esters is 1. The topological polar surface area (TPSA) is 55.8 Å². The molecule has 0 bridgehead atoms. The Bertz CT molecular complexity index is 305. The normalized spacial score (nSPS) is 13.6. The third kappa shape index (κ3) is 8.77. The number of carbonyl (C=O) groups is 2. The summed E-state index contributed by atoms with van der Waals surface area (Å²) >= 11 is 0. The van der Waals surface area contributed by atoms with Gasteiger partial charge in [0.1, 0.15) is 11.2 Å². The quantitative estimate of drug-likeness (QED) is 0.745. The molecule has 0 aromatic rings. The van der Waals surface area contributed by atoms with Crippen LogP contribution >= 0.6 is 0 Å². The van der Waals surface area contributed by atoms with Crippen molar-refractivity contribution in [3.05, 3.63) is 0 Å². The van der Waals surface area contributed by atoms with E-state index in [9.17, 15) is 9.59 Å². The number of amides is 1. The highest BCUT2D eigenvalue weighted by Crippen LogP contribution is 2.14. The lowest BCUT2D eigenvalue weighted by atomic mass is 10.1. The van der Waals surface area contributed by atoms with Gasteiger partial charge in [0.15, 0.2) is 0 Å².